The first-order valence-corrected chi connectivity index (χ1v) is 10.4. The number of nitrogens with zero attached hydrogens (tertiary/aromatic N) is 3. The van der Waals surface area contributed by atoms with Crippen molar-refractivity contribution in [2.75, 3.05) is 0 Å². The van der Waals surface area contributed by atoms with Crippen LogP contribution in [-0.4, -0.2) is 14.5 Å². The van der Waals surface area contributed by atoms with Gasteiger partial charge in [-0.05, 0) is 37.1 Å². The summed E-state index contributed by atoms with van der Waals surface area (Å²) in [7, 11) is 0. The number of aromatic amines is 1. The fraction of sp³-hybridized carbons (Fsp3) is 0.125. The fourth-order valence-electron chi connectivity index (χ4n) is 3.90. The summed E-state index contributed by atoms with van der Waals surface area (Å²) < 4.78 is 2.11. The fourth-order valence-corrected chi connectivity index (χ4v) is 4.93. The predicted octanol–water partition coefficient (Wildman–Crippen LogP) is 5.14. The molecule has 30 heavy (non-hydrogen) atoms. The number of H-pyrrole nitrogens is 1. The highest BCUT2D eigenvalue weighted by Gasteiger charge is 2.17. The highest BCUT2D eigenvalue weighted by molar-refractivity contribution is 7.18. The van der Waals surface area contributed by atoms with Crippen molar-refractivity contribution in [2.45, 2.75) is 20.4 Å². The minimum Gasteiger partial charge on any atom is -0.342 e. The van der Waals surface area contributed by atoms with Crippen LogP contribution in [0, 0.1) is 25.2 Å². The summed E-state index contributed by atoms with van der Waals surface area (Å²) in [5.41, 5.74) is 4.40. The van der Waals surface area contributed by atoms with E-state index in [2.05, 4.69) is 15.6 Å². The molecular formula is C24H18N4OS. The monoisotopic (exact) mass is 410 g/mol. The van der Waals surface area contributed by atoms with Crippen molar-refractivity contribution in [3.63, 3.8) is 0 Å². The van der Waals surface area contributed by atoms with Crippen molar-refractivity contribution in [2.24, 2.45) is 0 Å². The van der Waals surface area contributed by atoms with Gasteiger partial charge in [-0.1, -0.05) is 36.4 Å². The molecule has 0 radical (unpaired) electrons. The summed E-state index contributed by atoms with van der Waals surface area (Å²) in [5.74, 6) is 0.567. The van der Waals surface area contributed by atoms with E-state index in [1.54, 1.807) is 11.3 Å². The van der Waals surface area contributed by atoms with Crippen LogP contribution < -0.4 is 5.56 Å². The molecule has 0 bridgehead atoms. The van der Waals surface area contributed by atoms with Crippen LogP contribution >= 0.6 is 11.3 Å². The number of hydrogen-bond donors (Lipinski definition) is 1. The molecule has 0 unspecified atom stereocenters. The highest BCUT2D eigenvalue weighted by Crippen LogP contribution is 2.32. The molecule has 0 saturated carbocycles. The third kappa shape index (κ3) is 2.83. The Morgan fingerprint density at radius 1 is 1.13 bits per heavy atom. The Morgan fingerprint density at radius 3 is 2.73 bits per heavy atom. The van der Waals surface area contributed by atoms with E-state index >= 15 is 0 Å². The molecule has 5 nitrogen and oxygen atoms in total. The predicted molar refractivity (Wildman–Crippen MR) is 121 cm³/mol. The van der Waals surface area contributed by atoms with Gasteiger partial charge in [0.1, 0.15) is 10.7 Å². The van der Waals surface area contributed by atoms with E-state index in [0.29, 0.717) is 23.3 Å². The van der Waals surface area contributed by atoms with Crippen molar-refractivity contribution < 1.29 is 0 Å². The zero-order valence-electron chi connectivity index (χ0n) is 16.6. The molecule has 0 saturated heterocycles. The lowest BCUT2D eigenvalue weighted by Gasteiger charge is -2.07. The molecule has 3 aromatic heterocycles. The lowest BCUT2D eigenvalue weighted by molar-refractivity contribution is 0.834. The maximum absolute atomic E-state index is 12.8. The van der Waals surface area contributed by atoms with E-state index in [-0.39, 0.29) is 5.56 Å². The molecule has 0 spiro atoms. The van der Waals surface area contributed by atoms with Crippen LogP contribution in [0.5, 0.6) is 0 Å². The first-order valence-electron chi connectivity index (χ1n) is 9.63. The molecule has 5 aromatic rings. The van der Waals surface area contributed by atoms with Gasteiger partial charge >= 0.3 is 0 Å². The van der Waals surface area contributed by atoms with Gasteiger partial charge in [-0.15, -0.1) is 11.3 Å². The largest absolute Gasteiger partial charge is 0.342 e. The number of rotatable bonds is 3. The van der Waals surface area contributed by atoms with Crippen molar-refractivity contribution in [3.05, 3.63) is 86.6 Å². The highest BCUT2D eigenvalue weighted by atomic mass is 32.1. The molecule has 146 valence electrons. The second-order valence-electron chi connectivity index (χ2n) is 7.33. The van der Waals surface area contributed by atoms with Gasteiger partial charge in [0.25, 0.3) is 5.56 Å². The molecule has 2 aromatic carbocycles. The molecule has 6 heteroatoms. The molecule has 1 N–H and O–H groups in total. The smallest absolute Gasteiger partial charge is 0.260 e. The van der Waals surface area contributed by atoms with Crippen LogP contribution in [0.2, 0.25) is 0 Å². The van der Waals surface area contributed by atoms with Crippen molar-refractivity contribution in [1.82, 2.24) is 14.5 Å². The Kier molecular flexibility index (Phi) is 4.27. The number of thiophene rings is 1. The van der Waals surface area contributed by atoms with Gasteiger partial charge in [-0.2, -0.15) is 5.26 Å². The molecule has 0 fully saturated rings. The normalized spacial score (nSPS) is 11.2. The zero-order valence-corrected chi connectivity index (χ0v) is 17.4. The van der Waals surface area contributed by atoms with Gasteiger partial charge in [-0.25, -0.2) is 4.98 Å². The average molecular weight is 411 g/mol. The molecule has 0 aliphatic rings. The number of nitrogens with one attached hydrogen (secondary N) is 1. The van der Waals surface area contributed by atoms with Crippen LogP contribution in [0.4, 0.5) is 0 Å². The third-order valence-corrected chi connectivity index (χ3v) is 6.66. The third-order valence-electron chi connectivity index (χ3n) is 5.56. The first-order chi connectivity index (χ1) is 14.6. The number of para-hydroxylation sites is 1. The summed E-state index contributed by atoms with van der Waals surface area (Å²) in [4.78, 5) is 22.4. The van der Waals surface area contributed by atoms with Crippen LogP contribution in [0.15, 0.2) is 59.5 Å². The topological polar surface area (TPSA) is 74.5 Å². The number of nitriles is 1. The Bertz CT molecular complexity index is 1530. The number of aromatic nitrogens is 3. The Labute approximate surface area is 176 Å². The number of hydrogen-bond acceptors (Lipinski definition) is 4. The first kappa shape index (κ1) is 18.3. The molecule has 5 rings (SSSR count). The number of fused-ring (bicyclic) bond motifs is 2. The summed E-state index contributed by atoms with van der Waals surface area (Å²) in [6.07, 6.45) is 2.01. The van der Waals surface area contributed by atoms with Crippen molar-refractivity contribution in [1.29, 1.82) is 5.26 Å². The zero-order chi connectivity index (χ0) is 20.8. The summed E-state index contributed by atoms with van der Waals surface area (Å²) in [6, 6.07) is 17.9. The van der Waals surface area contributed by atoms with Gasteiger partial charge < -0.3 is 9.55 Å². The van der Waals surface area contributed by atoms with E-state index in [1.807, 2.05) is 68.6 Å². The minimum atomic E-state index is -0.108. The van der Waals surface area contributed by atoms with Gasteiger partial charge in [-0.3, -0.25) is 4.79 Å². The quantitative estimate of drug-likeness (QED) is 0.447. The average Bonchev–Trinajstić information content (AvgIpc) is 3.26. The SMILES string of the molecule is Cc1sc2nc(-c3cn(Cc4ccccc4C#N)c4ccccc34)[nH]c(=O)c2c1C. The lowest BCUT2D eigenvalue weighted by Crippen LogP contribution is -2.09. The molecular weight excluding hydrogens is 392 g/mol. The van der Waals surface area contributed by atoms with Gasteiger partial charge in [0, 0.05) is 34.1 Å². The summed E-state index contributed by atoms with van der Waals surface area (Å²) in [6.45, 7) is 4.54. The van der Waals surface area contributed by atoms with Gasteiger partial charge in [0.15, 0.2) is 0 Å². The second-order valence-corrected chi connectivity index (χ2v) is 8.54. The number of benzene rings is 2. The standard InChI is InChI=1S/C24H18N4OS/c1-14-15(2)30-24-21(14)23(29)26-22(27-24)19-13-28(20-10-6-5-9-18(19)20)12-17-8-4-3-7-16(17)11-25/h3-10,13H,12H2,1-2H3,(H,26,27,29). The molecule has 3 heterocycles. The maximum Gasteiger partial charge on any atom is 0.260 e. The van der Waals surface area contributed by atoms with E-state index in [0.717, 1.165) is 37.3 Å². The molecule has 0 aliphatic carbocycles. The Balaban J connectivity index is 1.71. The number of aryl methyl sites for hydroxylation is 2. The maximum atomic E-state index is 12.8. The molecule has 0 amide bonds. The van der Waals surface area contributed by atoms with Crippen LogP contribution in [-0.2, 0) is 6.54 Å². The second kappa shape index (κ2) is 6.97. The Morgan fingerprint density at radius 2 is 1.90 bits per heavy atom. The van der Waals surface area contributed by atoms with Crippen LogP contribution in [0.25, 0.3) is 32.5 Å². The van der Waals surface area contributed by atoms with Crippen LogP contribution in [0.3, 0.4) is 0 Å². The summed E-state index contributed by atoms with van der Waals surface area (Å²) >= 11 is 1.55. The van der Waals surface area contributed by atoms with E-state index in [1.165, 1.54) is 0 Å². The van der Waals surface area contributed by atoms with E-state index < -0.39 is 0 Å². The van der Waals surface area contributed by atoms with Crippen LogP contribution in [0.1, 0.15) is 21.6 Å². The van der Waals surface area contributed by atoms with Gasteiger partial charge in [0.05, 0.1) is 17.0 Å². The summed E-state index contributed by atoms with van der Waals surface area (Å²) in [5, 5.41) is 11.1. The van der Waals surface area contributed by atoms with Crippen molar-refractivity contribution >= 4 is 32.5 Å². The van der Waals surface area contributed by atoms with Crippen molar-refractivity contribution in [3.8, 4) is 17.5 Å². The Hall–Kier alpha value is -3.69. The molecule has 0 atom stereocenters. The van der Waals surface area contributed by atoms with E-state index in [4.69, 9.17) is 4.98 Å². The molecule has 0 aliphatic heterocycles. The van der Waals surface area contributed by atoms with E-state index in [9.17, 15) is 10.1 Å². The lowest BCUT2D eigenvalue weighted by atomic mass is 10.1. The van der Waals surface area contributed by atoms with Gasteiger partial charge in [0.2, 0.25) is 0 Å². The minimum absolute atomic E-state index is 0.108.